The number of nitrogens with two attached hydrogens (primary N) is 1. The minimum absolute atomic E-state index is 0.0457. The molecule has 0 saturated heterocycles. The van der Waals surface area contributed by atoms with Crippen LogP contribution in [-0.2, 0) is 16.0 Å². The molecule has 2 amide bonds. The number of anilines is 1. The maximum Gasteiger partial charge on any atom is 0.420 e. The lowest BCUT2D eigenvalue weighted by Crippen LogP contribution is -2.43. The highest BCUT2D eigenvalue weighted by molar-refractivity contribution is 5.88. The van der Waals surface area contributed by atoms with Crippen LogP contribution >= 0.6 is 0 Å². The van der Waals surface area contributed by atoms with Gasteiger partial charge in [0, 0.05) is 5.69 Å². The van der Waals surface area contributed by atoms with Gasteiger partial charge in [-0.15, -0.1) is 0 Å². The molecule has 23 heavy (non-hydrogen) atoms. The number of benzene rings is 1. The van der Waals surface area contributed by atoms with Crippen molar-refractivity contribution in [3.05, 3.63) is 29.8 Å². The van der Waals surface area contributed by atoms with Gasteiger partial charge in [0.25, 0.3) is 0 Å². The van der Waals surface area contributed by atoms with E-state index in [4.69, 9.17) is 15.2 Å². The van der Waals surface area contributed by atoms with Crippen molar-refractivity contribution in [1.82, 2.24) is 4.90 Å². The molecule has 1 aromatic carbocycles. The molecule has 0 aliphatic carbocycles. The van der Waals surface area contributed by atoms with E-state index in [0.29, 0.717) is 5.69 Å². The number of hydrogen-bond acceptors (Lipinski definition) is 5. The average molecular weight is 322 g/mol. The first kappa shape index (κ1) is 18.8. The highest BCUT2D eigenvalue weighted by atomic mass is 16.6. The van der Waals surface area contributed by atoms with Gasteiger partial charge in [-0.25, -0.2) is 14.5 Å². The van der Waals surface area contributed by atoms with Crippen LogP contribution in [0.2, 0.25) is 0 Å². The van der Waals surface area contributed by atoms with Gasteiger partial charge in [0.1, 0.15) is 11.2 Å². The highest BCUT2D eigenvalue weighted by Gasteiger charge is 2.31. The van der Waals surface area contributed by atoms with Gasteiger partial charge in [-0.2, -0.15) is 0 Å². The molecule has 0 spiro atoms. The zero-order chi connectivity index (χ0) is 17.8. The molecule has 6 heteroatoms. The van der Waals surface area contributed by atoms with E-state index in [1.807, 2.05) is 0 Å². The fourth-order valence-corrected chi connectivity index (χ4v) is 1.64. The van der Waals surface area contributed by atoms with Crippen LogP contribution in [0.15, 0.2) is 24.3 Å². The summed E-state index contributed by atoms with van der Waals surface area (Å²) in [5.74, 6) is 0. The second kappa shape index (κ2) is 6.89. The molecule has 1 aromatic rings. The zero-order valence-electron chi connectivity index (χ0n) is 14.7. The molecule has 0 aliphatic heterocycles. The van der Waals surface area contributed by atoms with Crippen LogP contribution < -0.4 is 5.73 Å². The van der Waals surface area contributed by atoms with Crippen molar-refractivity contribution in [2.24, 2.45) is 0 Å². The number of imide groups is 1. The van der Waals surface area contributed by atoms with E-state index in [-0.39, 0.29) is 6.54 Å². The van der Waals surface area contributed by atoms with Gasteiger partial charge in [0.2, 0.25) is 0 Å². The molecule has 0 saturated carbocycles. The van der Waals surface area contributed by atoms with Gasteiger partial charge >= 0.3 is 12.2 Å². The quantitative estimate of drug-likeness (QED) is 0.834. The van der Waals surface area contributed by atoms with Crippen LogP contribution in [0, 0.1) is 0 Å². The molecule has 6 nitrogen and oxygen atoms in total. The minimum Gasteiger partial charge on any atom is -0.443 e. The Morgan fingerprint density at radius 3 is 1.65 bits per heavy atom. The summed E-state index contributed by atoms with van der Waals surface area (Å²) in [7, 11) is 0. The Hall–Kier alpha value is -2.24. The van der Waals surface area contributed by atoms with Gasteiger partial charge in [-0.1, -0.05) is 12.1 Å². The van der Waals surface area contributed by atoms with Crippen LogP contribution in [0.5, 0.6) is 0 Å². The highest BCUT2D eigenvalue weighted by Crippen LogP contribution is 2.17. The van der Waals surface area contributed by atoms with E-state index in [9.17, 15) is 9.59 Å². The first-order valence-corrected chi connectivity index (χ1v) is 7.45. The van der Waals surface area contributed by atoms with E-state index in [0.717, 1.165) is 10.5 Å². The molecule has 0 aromatic heterocycles. The molecule has 0 unspecified atom stereocenters. The number of nitrogen functional groups attached to an aromatic ring is 1. The molecule has 0 aliphatic rings. The van der Waals surface area contributed by atoms with Gasteiger partial charge < -0.3 is 15.2 Å². The maximum absolute atomic E-state index is 12.3. The van der Waals surface area contributed by atoms with E-state index >= 15 is 0 Å². The molecule has 0 heterocycles. The first-order chi connectivity index (χ1) is 10.4. The number of rotatable bonds is 2. The van der Waals surface area contributed by atoms with Gasteiger partial charge in [0.15, 0.2) is 0 Å². The summed E-state index contributed by atoms with van der Waals surface area (Å²) in [5, 5.41) is 0. The Balaban J connectivity index is 2.98. The molecule has 0 bridgehead atoms. The van der Waals surface area contributed by atoms with E-state index in [1.165, 1.54) is 0 Å². The van der Waals surface area contributed by atoms with Gasteiger partial charge in [-0.05, 0) is 59.2 Å². The Morgan fingerprint density at radius 2 is 1.30 bits per heavy atom. The molecular weight excluding hydrogens is 296 g/mol. The standard InChI is InChI=1S/C17H26N2O4/c1-16(2,3)22-14(20)19(15(21)23-17(4,5)6)11-12-7-9-13(18)10-8-12/h7-10H,11,18H2,1-6H3. The van der Waals surface area contributed by atoms with Crippen molar-refractivity contribution in [1.29, 1.82) is 0 Å². The molecule has 2 N–H and O–H groups in total. The van der Waals surface area contributed by atoms with Crippen molar-refractivity contribution in [3.8, 4) is 0 Å². The lowest BCUT2D eigenvalue weighted by atomic mass is 10.2. The molecule has 0 radical (unpaired) electrons. The SMILES string of the molecule is CC(C)(C)OC(=O)N(Cc1ccc(N)cc1)C(=O)OC(C)(C)C. The normalized spacial score (nSPS) is 11.7. The van der Waals surface area contributed by atoms with Crippen molar-refractivity contribution < 1.29 is 19.1 Å². The molecular formula is C17H26N2O4. The predicted octanol–water partition coefficient (Wildman–Crippen LogP) is 3.94. The Morgan fingerprint density at radius 1 is 0.913 bits per heavy atom. The predicted molar refractivity (Wildman–Crippen MR) is 88.9 cm³/mol. The second-order valence-corrected chi connectivity index (χ2v) is 7.29. The fourth-order valence-electron chi connectivity index (χ4n) is 1.64. The van der Waals surface area contributed by atoms with E-state index in [2.05, 4.69) is 0 Å². The number of carbonyl (C=O) groups is 2. The molecule has 0 fully saturated rings. The summed E-state index contributed by atoms with van der Waals surface area (Å²) >= 11 is 0. The Kier molecular flexibility index (Phi) is 5.64. The molecule has 0 atom stereocenters. The number of hydrogen-bond donors (Lipinski definition) is 1. The monoisotopic (exact) mass is 322 g/mol. The van der Waals surface area contributed by atoms with Gasteiger partial charge in [0.05, 0.1) is 6.54 Å². The smallest absolute Gasteiger partial charge is 0.420 e. The van der Waals surface area contributed by atoms with Crippen molar-refractivity contribution in [3.63, 3.8) is 0 Å². The summed E-state index contributed by atoms with van der Waals surface area (Å²) < 4.78 is 10.6. The number of nitrogens with zero attached hydrogens (tertiary/aromatic N) is 1. The lowest BCUT2D eigenvalue weighted by Gasteiger charge is -2.28. The van der Waals surface area contributed by atoms with Crippen molar-refractivity contribution in [2.75, 3.05) is 5.73 Å². The number of amides is 2. The van der Waals surface area contributed by atoms with Crippen LogP contribution in [0.1, 0.15) is 47.1 Å². The largest absolute Gasteiger partial charge is 0.443 e. The minimum atomic E-state index is -0.747. The van der Waals surface area contributed by atoms with Crippen LogP contribution in [-0.4, -0.2) is 28.3 Å². The van der Waals surface area contributed by atoms with Crippen LogP contribution in [0.3, 0.4) is 0 Å². The first-order valence-electron chi connectivity index (χ1n) is 7.45. The summed E-state index contributed by atoms with van der Waals surface area (Å²) in [5.41, 5.74) is 5.58. The van der Waals surface area contributed by atoms with Crippen LogP contribution in [0.25, 0.3) is 0 Å². The third-order valence-corrected chi connectivity index (χ3v) is 2.55. The summed E-state index contributed by atoms with van der Waals surface area (Å²) in [6.45, 7) is 10.5. The van der Waals surface area contributed by atoms with E-state index in [1.54, 1.807) is 65.8 Å². The Labute approximate surface area is 137 Å². The topological polar surface area (TPSA) is 81.9 Å². The summed E-state index contributed by atoms with van der Waals surface area (Å²) in [6, 6.07) is 6.91. The third-order valence-electron chi connectivity index (χ3n) is 2.55. The van der Waals surface area contributed by atoms with Crippen LogP contribution in [0.4, 0.5) is 15.3 Å². The van der Waals surface area contributed by atoms with Crippen molar-refractivity contribution >= 4 is 17.9 Å². The number of carbonyl (C=O) groups excluding carboxylic acids is 2. The second-order valence-electron chi connectivity index (χ2n) is 7.29. The summed E-state index contributed by atoms with van der Waals surface area (Å²) in [4.78, 5) is 25.6. The third kappa shape index (κ3) is 7.04. The zero-order valence-corrected chi connectivity index (χ0v) is 14.7. The average Bonchev–Trinajstić information content (AvgIpc) is 2.33. The molecule has 1 rings (SSSR count). The Bertz CT molecular complexity index is 525. The fraction of sp³-hybridized carbons (Fsp3) is 0.529. The number of ether oxygens (including phenoxy) is 2. The van der Waals surface area contributed by atoms with Gasteiger partial charge in [-0.3, -0.25) is 0 Å². The van der Waals surface area contributed by atoms with Crippen molar-refractivity contribution in [2.45, 2.75) is 59.3 Å². The summed E-state index contributed by atoms with van der Waals surface area (Å²) in [6.07, 6.45) is -1.49. The lowest BCUT2D eigenvalue weighted by molar-refractivity contribution is -0.000241. The maximum atomic E-state index is 12.3. The van der Waals surface area contributed by atoms with E-state index < -0.39 is 23.4 Å². The molecule has 128 valence electrons.